The fourth-order valence-electron chi connectivity index (χ4n) is 2.48. The summed E-state index contributed by atoms with van der Waals surface area (Å²) in [6, 6.07) is 1.99. The average molecular weight is 447 g/mol. The van der Waals surface area contributed by atoms with Crippen LogP contribution in [0.2, 0.25) is 0 Å². The van der Waals surface area contributed by atoms with Crippen molar-refractivity contribution in [1.29, 1.82) is 5.41 Å². The lowest BCUT2D eigenvalue weighted by molar-refractivity contribution is -0.153. The van der Waals surface area contributed by atoms with Gasteiger partial charge in [0.25, 0.3) is 0 Å². The first-order chi connectivity index (χ1) is 14.0. The summed E-state index contributed by atoms with van der Waals surface area (Å²) < 4.78 is 55.8. The van der Waals surface area contributed by atoms with Gasteiger partial charge in [-0.3, -0.25) is 9.59 Å². The van der Waals surface area contributed by atoms with E-state index in [9.17, 15) is 27.2 Å². The van der Waals surface area contributed by atoms with E-state index in [0.29, 0.717) is 6.21 Å². The molecule has 1 aromatic heterocycles. The number of pyridine rings is 1. The van der Waals surface area contributed by atoms with Gasteiger partial charge in [-0.05, 0) is 19.1 Å². The first-order valence-electron chi connectivity index (χ1n) is 8.18. The normalized spacial score (nSPS) is 11.1. The van der Waals surface area contributed by atoms with E-state index in [1.807, 2.05) is 0 Å². The number of nitrogen functional groups attached to an aromatic ring is 1. The SMILES string of the molecule is Cc1c(OCC(F)(F)F)cnc(C(=O)c2ccc(F)c(N)c2C=N)c1NC(=O)CCl. The van der Waals surface area contributed by atoms with Crippen molar-refractivity contribution >= 4 is 40.9 Å². The van der Waals surface area contributed by atoms with Crippen molar-refractivity contribution in [2.45, 2.75) is 13.1 Å². The van der Waals surface area contributed by atoms with Crippen LogP contribution in [0.25, 0.3) is 0 Å². The van der Waals surface area contributed by atoms with Gasteiger partial charge in [0, 0.05) is 22.9 Å². The number of amides is 1. The van der Waals surface area contributed by atoms with Crippen LogP contribution in [0.4, 0.5) is 28.9 Å². The van der Waals surface area contributed by atoms with Gasteiger partial charge < -0.3 is 21.2 Å². The molecule has 7 nitrogen and oxygen atoms in total. The van der Waals surface area contributed by atoms with Crippen LogP contribution in [0.1, 0.15) is 27.2 Å². The lowest BCUT2D eigenvalue weighted by atomic mass is 9.98. The average Bonchev–Trinajstić information content (AvgIpc) is 2.69. The van der Waals surface area contributed by atoms with Crippen LogP contribution in [-0.2, 0) is 4.79 Å². The Hall–Kier alpha value is -3.21. The van der Waals surface area contributed by atoms with E-state index in [1.165, 1.54) is 6.92 Å². The molecule has 160 valence electrons. The highest BCUT2D eigenvalue weighted by molar-refractivity contribution is 6.29. The zero-order valence-corrected chi connectivity index (χ0v) is 16.1. The topological polar surface area (TPSA) is 118 Å². The van der Waals surface area contributed by atoms with Gasteiger partial charge in [-0.25, -0.2) is 9.37 Å². The molecule has 0 saturated carbocycles. The molecule has 0 saturated heterocycles. The molecule has 0 unspecified atom stereocenters. The number of benzene rings is 1. The first-order valence-corrected chi connectivity index (χ1v) is 8.71. The molecule has 2 rings (SSSR count). The van der Waals surface area contributed by atoms with Crippen molar-refractivity contribution in [3.63, 3.8) is 0 Å². The zero-order valence-electron chi connectivity index (χ0n) is 15.4. The Morgan fingerprint density at radius 1 is 1.37 bits per heavy atom. The van der Waals surface area contributed by atoms with Crippen LogP contribution in [0.5, 0.6) is 5.75 Å². The molecule has 2 aromatic rings. The maximum absolute atomic E-state index is 13.7. The second-order valence-electron chi connectivity index (χ2n) is 5.95. The fourth-order valence-corrected chi connectivity index (χ4v) is 2.55. The third-order valence-corrected chi connectivity index (χ3v) is 4.15. The van der Waals surface area contributed by atoms with Crippen LogP contribution in [-0.4, -0.2) is 41.6 Å². The van der Waals surface area contributed by atoms with Gasteiger partial charge in [0.15, 0.2) is 6.61 Å². The Kier molecular flexibility index (Phi) is 6.98. The molecule has 0 bridgehead atoms. The van der Waals surface area contributed by atoms with E-state index in [2.05, 4.69) is 15.0 Å². The number of hydrogen-bond acceptors (Lipinski definition) is 6. The van der Waals surface area contributed by atoms with Gasteiger partial charge in [0.2, 0.25) is 11.7 Å². The maximum Gasteiger partial charge on any atom is 0.422 e. The standard InChI is InChI=1S/C18H15ClF4N4O3/c1-8-12(30-7-18(21,22)23)6-26-16(15(8)27-13(28)4-19)17(29)9-2-3-11(20)14(25)10(9)5-24/h2-3,5-6,24H,4,7,25H2,1H3,(H,27,28). The number of halogens is 5. The summed E-state index contributed by atoms with van der Waals surface area (Å²) in [6.07, 6.45) is -3.05. The number of hydrogen-bond donors (Lipinski definition) is 3. The molecule has 4 N–H and O–H groups in total. The largest absolute Gasteiger partial charge is 0.482 e. The molecule has 1 heterocycles. The highest BCUT2D eigenvalue weighted by Crippen LogP contribution is 2.31. The molecule has 0 aliphatic rings. The van der Waals surface area contributed by atoms with Crippen molar-refractivity contribution in [3.8, 4) is 5.75 Å². The number of rotatable bonds is 7. The second kappa shape index (κ2) is 9.08. The molecule has 1 aromatic carbocycles. The molecule has 12 heteroatoms. The summed E-state index contributed by atoms with van der Waals surface area (Å²) in [6.45, 7) is -0.303. The maximum atomic E-state index is 13.7. The van der Waals surface area contributed by atoms with Crippen LogP contribution < -0.4 is 15.8 Å². The van der Waals surface area contributed by atoms with Gasteiger partial charge in [-0.1, -0.05) is 0 Å². The van der Waals surface area contributed by atoms with Gasteiger partial charge in [-0.2, -0.15) is 13.2 Å². The van der Waals surface area contributed by atoms with Crippen molar-refractivity contribution < 1.29 is 31.9 Å². The number of ketones is 1. The second-order valence-corrected chi connectivity index (χ2v) is 6.22. The minimum atomic E-state index is -4.62. The number of aromatic nitrogens is 1. The van der Waals surface area contributed by atoms with E-state index in [-0.39, 0.29) is 33.8 Å². The number of nitrogens with two attached hydrogens (primary N) is 1. The summed E-state index contributed by atoms with van der Waals surface area (Å²) in [5, 5.41) is 9.71. The van der Waals surface area contributed by atoms with Gasteiger partial charge >= 0.3 is 6.18 Å². The van der Waals surface area contributed by atoms with E-state index in [1.54, 1.807) is 0 Å². The minimum absolute atomic E-state index is 0.0115. The van der Waals surface area contributed by atoms with E-state index < -0.39 is 41.9 Å². The lowest BCUT2D eigenvalue weighted by Crippen LogP contribution is -2.22. The summed E-state index contributed by atoms with van der Waals surface area (Å²) in [5.41, 5.74) is 4.10. The quantitative estimate of drug-likeness (QED) is 0.198. The van der Waals surface area contributed by atoms with Crippen molar-refractivity contribution in [1.82, 2.24) is 4.98 Å². The van der Waals surface area contributed by atoms with E-state index in [4.69, 9.17) is 22.7 Å². The fraction of sp³-hybridized carbons (Fsp3) is 0.222. The van der Waals surface area contributed by atoms with Crippen molar-refractivity contribution in [3.05, 3.63) is 46.5 Å². The molecule has 0 radical (unpaired) electrons. The predicted octanol–water partition coefficient (Wildman–Crippen LogP) is 3.46. The van der Waals surface area contributed by atoms with Crippen LogP contribution in [0.3, 0.4) is 0 Å². The minimum Gasteiger partial charge on any atom is -0.482 e. The molecule has 0 atom stereocenters. The third-order valence-electron chi connectivity index (χ3n) is 3.91. The number of carbonyl (C=O) groups excluding carboxylic acids is 2. The molecule has 0 aliphatic heterocycles. The van der Waals surface area contributed by atoms with Gasteiger partial charge in [0.1, 0.15) is 23.1 Å². The lowest BCUT2D eigenvalue weighted by Gasteiger charge is -2.17. The molecule has 0 aliphatic carbocycles. The Bertz CT molecular complexity index is 1010. The smallest absolute Gasteiger partial charge is 0.422 e. The summed E-state index contributed by atoms with van der Waals surface area (Å²) in [4.78, 5) is 28.6. The number of nitrogens with zero attached hydrogens (tertiary/aromatic N) is 1. The summed E-state index contributed by atoms with van der Waals surface area (Å²) in [5.74, 6) is -3.28. The number of carbonyl (C=O) groups is 2. The molecular weight excluding hydrogens is 432 g/mol. The molecule has 0 spiro atoms. The van der Waals surface area contributed by atoms with Crippen LogP contribution >= 0.6 is 11.6 Å². The monoisotopic (exact) mass is 446 g/mol. The van der Waals surface area contributed by atoms with Crippen molar-refractivity contribution in [2.75, 3.05) is 23.5 Å². The first kappa shape index (κ1) is 23.1. The predicted molar refractivity (Wildman–Crippen MR) is 102 cm³/mol. The number of anilines is 2. The van der Waals surface area contributed by atoms with Gasteiger partial charge in [-0.15, -0.1) is 11.6 Å². The van der Waals surface area contributed by atoms with E-state index >= 15 is 0 Å². The Morgan fingerprint density at radius 2 is 2.03 bits per heavy atom. The number of ether oxygens (including phenoxy) is 1. The highest BCUT2D eigenvalue weighted by Gasteiger charge is 2.30. The third kappa shape index (κ3) is 5.03. The Balaban J connectivity index is 2.60. The molecule has 0 fully saturated rings. The number of nitrogens with one attached hydrogen (secondary N) is 2. The molecule has 30 heavy (non-hydrogen) atoms. The Morgan fingerprint density at radius 3 is 2.60 bits per heavy atom. The van der Waals surface area contributed by atoms with Crippen molar-refractivity contribution in [2.24, 2.45) is 0 Å². The van der Waals surface area contributed by atoms with Crippen LogP contribution in [0, 0.1) is 18.2 Å². The number of alkyl halides is 4. The zero-order chi connectivity index (χ0) is 22.6. The summed E-state index contributed by atoms with van der Waals surface area (Å²) >= 11 is 5.46. The molecular formula is C18H15ClF4N4O3. The summed E-state index contributed by atoms with van der Waals surface area (Å²) in [7, 11) is 0. The van der Waals surface area contributed by atoms with E-state index in [0.717, 1.165) is 18.3 Å². The van der Waals surface area contributed by atoms with Gasteiger partial charge in [0.05, 0.1) is 17.6 Å². The Labute approximate surface area is 172 Å². The van der Waals surface area contributed by atoms with Crippen LogP contribution in [0.15, 0.2) is 18.3 Å². The highest BCUT2D eigenvalue weighted by atomic mass is 35.5. The molecule has 1 amide bonds.